The maximum Gasteiger partial charge on any atom is 0.227 e. The molecule has 0 unspecified atom stereocenters. The molecule has 0 bridgehead atoms. The molecule has 0 atom stereocenters. The molecule has 0 saturated heterocycles. The summed E-state index contributed by atoms with van der Waals surface area (Å²) < 4.78 is 11.2. The van der Waals surface area contributed by atoms with E-state index in [2.05, 4.69) is 4.98 Å². The number of rotatable bonds is 3. The molecular weight excluding hydrogens is 322 g/mol. The van der Waals surface area contributed by atoms with Crippen LogP contribution in [0.1, 0.15) is 0 Å². The van der Waals surface area contributed by atoms with E-state index in [1.54, 1.807) is 7.11 Å². The zero-order valence-electron chi connectivity index (χ0n) is 13.0. The zero-order chi connectivity index (χ0) is 16.5. The lowest BCUT2D eigenvalue weighted by Gasteiger charge is -2.09. The molecule has 0 aliphatic rings. The third-order valence-electron chi connectivity index (χ3n) is 3.91. The van der Waals surface area contributed by atoms with Crippen molar-refractivity contribution in [2.45, 2.75) is 0 Å². The third kappa shape index (κ3) is 2.53. The Labute approximate surface area is 144 Å². The quantitative estimate of drug-likeness (QED) is 0.473. The molecule has 4 aromatic rings. The van der Waals surface area contributed by atoms with Gasteiger partial charge in [-0.3, -0.25) is 0 Å². The fourth-order valence-corrected chi connectivity index (χ4v) is 3.00. The Morgan fingerprint density at radius 3 is 2.42 bits per heavy atom. The highest BCUT2D eigenvalue weighted by molar-refractivity contribution is 6.32. The minimum atomic E-state index is 0.572. The standard InChI is InChI=1S/C20H14ClNO2/c1-23-18-11-10-13(12-16(18)21)14-6-2-3-7-15(14)20-22-17-8-4-5-9-19(17)24-20/h2-12H,1H3. The van der Waals surface area contributed by atoms with Gasteiger partial charge in [0.25, 0.3) is 0 Å². The van der Waals surface area contributed by atoms with Gasteiger partial charge in [-0.25, -0.2) is 4.98 Å². The van der Waals surface area contributed by atoms with E-state index in [1.165, 1.54) is 0 Å². The van der Waals surface area contributed by atoms with Crippen molar-refractivity contribution < 1.29 is 9.15 Å². The Morgan fingerprint density at radius 1 is 0.917 bits per heavy atom. The van der Waals surface area contributed by atoms with Crippen LogP contribution in [0.5, 0.6) is 5.75 Å². The number of benzene rings is 3. The molecule has 4 rings (SSSR count). The molecule has 24 heavy (non-hydrogen) atoms. The van der Waals surface area contributed by atoms with Crippen LogP contribution >= 0.6 is 11.6 Å². The molecule has 0 aliphatic heterocycles. The van der Waals surface area contributed by atoms with Crippen molar-refractivity contribution in [3.63, 3.8) is 0 Å². The molecule has 4 heteroatoms. The summed E-state index contributed by atoms with van der Waals surface area (Å²) in [6.07, 6.45) is 0. The maximum atomic E-state index is 6.28. The van der Waals surface area contributed by atoms with E-state index in [-0.39, 0.29) is 0 Å². The van der Waals surface area contributed by atoms with E-state index in [9.17, 15) is 0 Å². The number of hydrogen-bond acceptors (Lipinski definition) is 3. The average molecular weight is 336 g/mol. The van der Waals surface area contributed by atoms with Gasteiger partial charge in [0, 0.05) is 5.56 Å². The van der Waals surface area contributed by atoms with Crippen molar-refractivity contribution in [3.8, 4) is 28.3 Å². The number of hydrogen-bond donors (Lipinski definition) is 0. The number of halogens is 1. The Bertz CT molecular complexity index is 990. The Morgan fingerprint density at radius 2 is 1.67 bits per heavy atom. The number of oxazole rings is 1. The van der Waals surface area contributed by atoms with Gasteiger partial charge in [0.15, 0.2) is 5.58 Å². The van der Waals surface area contributed by atoms with Gasteiger partial charge in [-0.1, -0.05) is 48.0 Å². The number of aromatic nitrogens is 1. The normalized spacial score (nSPS) is 10.9. The summed E-state index contributed by atoms with van der Waals surface area (Å²) in [5, 5.41) is 0.572. The molecule has 0 N–H and O–H groups in total. The Hall–Kier alpha value is -2.78. The molecule has 1 heterocycles. The van der Waals surface area contributed by atoms with Crippen molar-refractivity contribution >= 4 is 22.7 Å². The average Bonchev–Trinajstić information content (AvgIpc) is 3.05. The van der Waals surface area contributed by atoms with E-state index in [4.69, 9.17) is 20.8 Å². The first-order valence-corrected chi connectivity index (χ1v) is 7.93. The lowest BCUT2D eigenvalue weighted by atomic mass is 9.99. The molecule has 0 radical (unpaired) electrons. The lowest BCUT2D eigenvalue weighted by molar-refractivity contribution is 0.415. The second-order valence-corrected chi connectivity index (χ2v) is 5.79. The Kier molecular flexibility index (Phi) is 3.71. The van der Waals surface area contributed by atoms with Crippen LogP contribution in [0, 0.1) is 0 Å². The van der Waals surface area contributed by atoms with Crippen molar-refractivity contribution in [2.24, 2.45) is 0 Å². The van der Waals surface area contributed by atoms with Gasteiger partial charge in [-0.05, 0) is 41.5 Å². The van der Waals surface area contributed by atoms with Crippen LogP contribution < -0.4 is 4.74 Å². The third-order valence-corrected chi connectivity index (χ3v) is 4.21. The largest absolute Gasteiger partial charge is 0.495 e. The number of nitrogens with zero attached hydrogens (tertiary/aromatic N) is 1. The van der Waals surface area contributed by atoms with Crippen molar-refractivity contribution in [2.75, 3.05) is 7.11 Å². The van der Waals surface area contributed by atoms with Crippen LogP contribution in [0.2, 0.25) is 5.02 Å². The van der Waals surface area contributed by atoms with E-state index < -0.39 is 0 Å². The van der Waals surface area contributed by atoms with Crippen molar-refractivity contribution in [1.82, 2.24) is 4.98 Å². The van der Waals surface area contributed by atoms with Crippen LogP contribution in [0.25, 0.3) is 33.7 Å². The van der Waals surface area contributed by atoms with Gasteiger partial charge in [-0.15, -0.1) is 0 Å². The highest BCUT2D eigenvalue weighted by Gasteiger charge is 2.14. The highest BCUT2D eigenvalue weighted by Crippen LogP contribution is 2.36. The number of ether oxygens (including phenoxy) is 1. The summed E-state index contributed by atoms with van der Waals surface area (Å²) in [5.41, 5.74) is 4.53. The molecule has 0 saturated carbocycles. The predicted molar refractivity (Wildman–Crippen MR) is 96.4 cm³/mol. The van der Waals surface area contributed by atoms with Gasteiger partial charge < -0.3 is 9.15 Å². The number of methoxy groups -OCH3 is 1. The van der Waals surface area contributed by atoms with Crippen LogP contribution in [-0.2, 0) is 0 Å². The van der Waals surface area contributed by atoms with E-state index >= 15 is 0 Å². The number of para-hydroxylation sites is 2. The first-order chi connectivity index (χ1) is 11.8. The monoisotopic (exact) mass is 335 g/mol. The van der Waals surface area contributed by atoms with Gasteiger partial charge in [0.05, 0.1) is 12.1 Å². The summed E-state index contributed by atoms with van der Waals surface area (Å²) >= 11 is 6.28. The van der Waals surface area contributed by atoms with Crippen LogP contribution in [0.15, 0.2) is 71.1 Å². The second-order valence-electron chi connectivity index (χ2n) is 5.38. The summed E-state index contributed by atoms with van der Waals surface area (Å²) in [6, 6.07) is 21.5. The minimum Gasteiger partial charge on any atom is -0.495 e. The molecule has 0 aliphatic carbocycles. The fraction of sp³-hybridized carbons (Fsp3) is 0.0500. The maximum absolute atomic E-state index is 6.28. The van der Waals surface area contributed by atoms with Crippen LogP contribution in [-0.4, -0.2) is 12.1 Å². The van der Waals surface area contributed by atoms with Gasteiger partial charge in [0.1, 0.15) is 11.3 Å². The topological polar surface area (TPSA) is 35.3 Å². The Balaban J connectivity index is 1.87. The van der Waals surface area contributed by atoms with E-state index in [1.807, 2.05) is 66.7 Å². The SMILES string of the molecule is COc1ccc(-c2ccccc2-c2nc3ccccc3o2)cc1Cl. The second kappa shape index (κ2) is 6.02. The molecule has 0 fully saturated rings. The molecule has 1 aromatic heterocycles. The highest BCUT2D eigenvalue weighted by atomic mass is 35.5. The van der Waals surface area contributed by atoms with Gasteiger partial charge in [-0.2, -0.15) is 0 Å². The summed E-state index contributed by atoms with van der Waals surface area (Å²) in [7, 11) is 1.60. The summed E-state index contributed by atoms with van der Waals surface area (Å²) in [5.74, 6) is 1.25. The lowest BCUT2D eigenvalue weighted by Crippen LogP contribution is -1.88. The van der Waals surface area contributed by atoms with Gasteiger partial charge >= 0.3 is 0 Å². The molecule has 118 valence electrons. The molecule has 0 spiro atoms. The van der Waals surface area contributed by atoms with E-state index in [0.29, 0.717) is 16.7 Å². The molecule has 3 aromatic carbocycles. The van der Waals surface area contributed by atoms with Crippen molar-refractivity contribution in [3.05, 3.63) is 71.8 Å². The molecule has 3 nitrogen and oxygen atoms in total. The summed E-state index contributed by atoms with van der Waals surface area (Å²) in [4.78, 5) is 4.60. The first-order valence-electron chi connectivity index (χ1n) is 7.55. The minimum absolute atomic E-state index is 0.572. The van der Waals surface area contributed by atoms with Crippen LogP contribution in [0.3, 0.4) is 0 Å². The smallest absolute Gasteiger partial charge is 0.227 e. The fourth-order valence-electron chi connectivity index (χ4n) is 2.74. The molecular formula is C20H14ClNO2. The zero-order valence-corrected chi connectivity index (χ0v) is 13.7. The van der Waals surface area contributed by atoms with Crippen molar-refractivity contribution in [1.29, 1.82) is 0 Å². The van der Waals surface area contributed by atoms with Gasteiger partial charge in [0.2, 0.25) is 5.89 Å². The molecule has 0 amide bonds. The van der Waals surface area contributed by atoms with Crippen LogP contribution in [0.4, 0.5) is 0 Å². The predicted octanol–water partition coefficient (Wildman–Crippen LogP) is 5.82. The summed E-state index contributed by atoms with van der Waals surface area (Å²) in [6.45, 7) is 0. The first kappa shape index (κ1) is 14.8. The van der Waals surface area contributed by atoms with E-state index in [0.717, 1.165) is 27.8 Å². The number of fused-ring (bicyclic) bond motifs is 1.